The molecular formula is C20H30INO3. The number of piperidine rings is 1. The molecule has 1 unspecified atom stereocenters. The standard InChI is InChI=1S/C20H30INO3/c1-19-9-8-13-11(12(19)5-6-14(19)18(24)25-3)4-7-16-20(13,2)10-15(21)17(23)22-16/h11-16H,4-10H2,1-3H3,(H,22,23)/t11-,12-,13-,14+,15?,16+,19-,20+/m0/s1. The van der Waals surface area contributed by atoms with E-state index in [0.29, 0.717) is 23.8 Å². The van der Waals surface area contributed by atoms with Gasteiger partial charge in [0.05, 0.1) is 17.0 Å². The number of methoxy groups -OCH3 is 1. The maximum Gasteiger partial charge on any atom is 0.309 e. The number of carbonyl (C=O) groups is 2. The zero-order valence-electron chi connectivity index (χ0n) is 15.5. The van der Waals surface area contributed by atoms with Gasteiger partial charge in [0.1, 0.15) is 0 Å². The van der Waals surface area contributed by atoms with Crippen molar-refractivity contribution in [3.05, 3.63) is 0 Å². The molecule has 4 rings (SSSR count). The van der Waals surface area contributed by atoms with Gasteiger partial charge >= 0.3 is 5.97 Å². The number of amides is 1. The summed E-state index contributed by atoms with van der Waals surface area (Å²) in [6, 6.07) is 0.342. The molecule has 1 heterocycles. The molecule has 0 aromatic rings. The van der Waals surface area contributed by atoms with Crippen LogP contribution in [0.15, 0.2) is 0 Å². The minimum absolute atomic E-state index is 0.000559. The third-order valence-electron chi connectivity index (χ3n) is 8.57. The predicted octanol–water partition coefficient (Wildman–Crippen LogP) is 3.71. The van der Waals surface area contributed by atoms with Gasteiger partial charge in [-0.25, -0.2) is 0 Å². The molecule has 140 valence electrons. The van der Waals surface area contributed by atoms with Gasteiger partial charge in [-0.2, -0.15) is 0 Å². The van der Waals surface area contributed by atoms with Gasteiger partial charge in [-0.05, 0) is 73.5 Å². The average molecular weight is 459 g/mol. The molecule has 5 heteroatoms. The number of esters is 1. The first kappa shape index (κ1) is 18.1. The van der Waals surface area contributed by atoms with E-state index >= 15 is 0 Å². The molecule has 8 atom stereocenters. The largest absolute Gasteiger partial charge is 0.469 e. The molecule has 3 saturated carbocycles. The first-order chi connectivity index (χ1) is 11.8. The minimum Gasteiger partial charge on any atom is -0.469 e. The van der Waals surface area contributed by atoms with Crippen LogP contribution in [0.4, 0.5) is 0 Å². The van der Waals surface area contributed by atoms with Gasteiger partial charge in [-0.1, -0.05) is 36.4 Å². The molecule has 0 radical (unpaired) electrons. The maximum absolute atomic E-state index is 12.3. The summed E-state index contributed by atoms with van der Waals surface area (Å²) in [5.74, 6) is 2.33. The number of carbonyl (C=O) groups excluding carboxylic acids is 2. The van der Waals surface area contributed by atoms with Gasteiger partial charge in [-0.15, -0.1) is 0 Å². The van der Waals surface area contributed by atoms with Crippen molar-refractivity contribution in [3.8, 4) is 0 Å². The molecule has 4 fully saturated rings. The Hall–Kier alpha value is -0.330. The lowest BCUT2D eigenvalue weighted by atomic mass is 9.47. The molecule has 0 aromatic carbocycles. The summed E-state index contributed by atoms with van der Waals surface area (Å²) in [4.78, 5) is 24.5. The van der Waals surface area contributed by atoms with Crippen LogP contribution >= 0.6 is 22.6 Å². The number of hydrogen-bond donors (Lipinski definition) is 1. The molecule has 1 amide bonds. The van der Waals surface area contributed by atoms with Crippen LogP contribution in [0.3, 0.4) is 0 Å². The number of fused-ring (bicyclic) bond motifs is 5. The van der Waals surface area contributed by atoms with E-state index in [1.165, 1.54) is 20.0 Å². The zero-order chi connectivity index (χ0) is 18.0. The van der Waals surface area contributed by atoms with E-state index < -0.39 is 0 Å². The predicted molar refractivity (Wildman–Crippen MR) is 104 cm³/mol. The van der Waals surface area contributed by atoms with Crippen LogP contribution in [0.1, 0.15) is 58.8 Å². The van der Waals surface area contributed by atoms with Gasteiger partial charge in [0.15, 0.2) is 0 Å². The maximum atomic E-state index is 12.3. The smallest absolute Gasteiger partial charge is 0.309 e. The van der Waals surface area contributed by atoms with Gasteiger partial charge in [-0.3, -0.25) is 9.59 Å². The molecule has 1 N–H and O–H groups in total. The molecule has 3 aliphatic carbocycles. The number of ether oxygens (including phenoxy) is 1. The lowest BCUT2D eigenvalue weighted by Crippen LogP contribution is -2.63. The minimum atomic E-state index is 0.000559. The van der Waals surface area contributed by atoms with Crippen molar-refractivity contribution in [3.63, 3.8) is 0 Å². The number of rotatable bonds is 1. The number of hydrogen-bond acceptors (Lipinski definition) is 3. The van der Waals surface area contributed by atoms with Crippen molar-refractivity contribution in [1.82, 2.24) is 5.32 Å². The Labute approximate surface area is 164 Å². The summed E-state index contributed by atoms with van der Waals surface area (Å²) in [6.45, 7) is 4.77. The summed E-state index contributed by atoms with van der Waals surface area (Å²) in [6.07, 6.45) is 7.78. The van der Waals surface area contributed by atoms with Gasteiger partial charge in [0.2, 0.25) is 5.91 Å². The summed E-state index contributed by atoms with van der Waals surface area (Å²) >= 11 is 2.32. The highest BCUT2D eigenvalue weighted by atomic mass is 127. The van der Waals surface area contributed by atoms with Gasteiger partial charge in [0.25, 0.3) is 0 Å². The van der Waals surface area contributed by atoms with Crippen LogP contribution in [0.5, 0.6) is 0 Å². The quantitative estimate of drug-likeness (QED) is 0.370. The fourth-order valence-corrected chi connectivity index (χ4v) is 8.39. The molecule has 4 aliphatic rings. The SMILES string of the molecule is COC(=O)[C@H]1CC[C@H]2[C@@H]3CC[C@H]4NC(=O)C(I)C[C@]4(C)[C@H]3CC[C@]12C. The fourth-order valence-electron chi connectivity index (χ4n) is 7.26. The lowest BCUT2D eigenvalue weighted by molar-refractivity contribution is -0.155. The van der Waals surface area contributed by atoms with Crippen LogP contribution < -0.4 is 5.32 Å². The van der Waals surface area contributed by atoms with Crippen molar-refractivity contribution in [2.24, 2.45) is 34.5 Å². The average Bonchev–Trinajstić information content (AvgIpc) is 2.93. The number of halogens is 1. The second-order valence-electron chi connectivity index (χ2n) is 9.39. The second-order valence-corrected chi connectivity index (χ2v) is 10.9. The highest BCUT2D eigenvalue weighted by Crippen LogP contribution is 2.65. The molecular weight excluding hydrogens is 429 g/mol. The van der Waals surface area contributed by atoms with E-state index in [9.17, 15) is 9.59 Å². The van der Waals surface area contributed by atoms with Crippen molar-refractivity contribution in [2.75, 3.05) is 7.11 Å². The monoisotopic (exact) mass is 459 g/mol. The van der Waals surface area contributed by atoms with Crippen molar-refractivity contribution >= 4 is 34.5 Å². The van der Waals surface area contributed by atoms with Crippen LogP contribution in [-0.4, -0.2) is 29.0 Å². The molecule has 25 heavy (non-hydrogen) atoms. The van der Waals surface area contributed by atoms with Crippen molar-refractivity contribution in [2.45, 2.75) is 68.8 Å². The summed E-state index contributed by atoms with van der Waals surface area (Å²) < 4.78 is 5.22. The van der Waals surface area contributed by atoms with E-state index in [2.05, 4.69) is 41.8 Å². The molecule has 0 spiro atoms. The van der Waals surface area contributed by atoms with E-state index in [-0.39, 0.29) is 32.5 Å². The topological polar surface area (TPSA) is 55.4 Å². The molecule has 1 aliphatic heterocycles. The molecule has 0 bridgehead atoms. The highest BCUT2D eigenvalue weighted by molar-refractivity contribution is 14.1. The van der Waals surface area contributed by atoms with Crippen molar-refractivity contribution < 1.29 is 14.3 Å². The van der Waals surface area contributed by atoms with Crippen LogP contribution in [0, 0.1) is 34.5 Å². The Morgan fingerprint density at radius 1 is 1.12 bits per heavy atom. The molecule has 0 aromatic heterocycles. The third kappa shape index (κ3) is 2.50. The van der Waals surface area contributed by atoms with Gasteiger partial charge < -0.3 is 10.1 Å². The Kier molecular flexibility index (Phi) is 4.40. The Morgan fingerprint density at radius 3 is 2.56 bits per heavy atom. The fraction of sp³-hybridized carbons (Fsp3) is 0.900. The highest BCUT2D eigenvalue weighted by Gasteiger charge is 2.62. The van der Waals surface area contributed by atoms with Gasteiger partial charge in [0, 0.05) is 6.04 Å². The second kappa shape index (κ2) is 6.10. The third-order valence-corrected chi connectivity index (χ3v) is 9.58. The van der Waals surface area contributed by atoms with Crippen LogP contribution in [0.2, 0.25) is 0 Å². The van der Waals surface area contributed by atoms with E-state index in [4.69, 9.17) is 4.74 Å². The Morgan fingerprint density at radius 2 is 1.84 bits per heavy atom. The Balaban J connectivity index is 1.62. The first-order valence-electron chi connectivity index (χ1n) is 9.83. The number of alkyl halides is 1. The van der Waals surface area contributed by atoms with Crippen LogP contribution in [-0.2, 0) is 14.3 Å². The summed E-state index contributed by atoms with van der Waals surface area (Å²) in [5, 5.41) is 3.33. The van der Waals surface area contributed by atoms with Crippen molar-refractivity contribution in [1.29, 1.82) is 0 Å². The molecule has 4 nitrogen and oxygen atoms in total. The molecule has 1 saturated heterocycles. The van der Waals surface area contributed by atoms with E-state index in [0.717, 1.165) is 32.1 Å². The van der Waals surface area contributed by atoms with E-state index in [1.807, 2.05) is 0 Å². The number of nitrogens with one attached hydrogen (secondary N) is 1. The normalized spacial score (nSPS) is 51.8. The summed E-state index contributed by atoms with van der Waals surface area (Å²) in [5.41, 5.74) is 0.326. The van der Waals surface area contributed by atoms with Crippen LogP contribution in [0.25, 0.3) is 0 Å². The Bertz CT molecular complexity index is 595. The summed E-state index contributed by atoms with van der Waals surface area (Å²) in [7, 11) is 1.53. The zero-order valence-corrected chi connectivity index (χ0v) is 17.7. The van der Waals surface area contributed by atoms with E-state index in [1.54, 1.807) is 0 Å². The lowest BCUT2D eigenvalue weighted by Gasteiger charge is -2.60. The first-order valence-corrected chi connectivity index (χ1v) is 11.1.